The van der Waals surface area contributed by atoms with Crippen molar-refractivity contribution in [3.63, 3.8) is 0 Å². The Morgan fingerprint density at radius 3 is 2.32 bits per heavy atom. The van der Waals surface area contributed by atoms with E-state index >= 15 is 0 Å². The lowest BCUT2D eigenvalue weighted by atomic mass is 10.1. The van der Waals surface area contributed by atoms with Crippen LogP contribution < -0.4 is 33.2 Å². The molecule has 0 aromatic carbocycles. The standard InChI is InChI=1S/C21H37N9O6S/c1-11(31)16(30-17(32)13(22)8-12-9-25-10-27-12)19(34)28-14(5-7-37-2)18(33)29-15(20(35)36)4-3-6-26-21(23)24/h9-11,13-16,31H,3-8,22H2,1-2H3,(H,25,27)(H,28,34)(H,29,33)(H,30,32)(H,35,36)(H4,23,24,26). The Morgan fingerprint density at radius 1 is 1.11 bits per heavy atom. The van der Waals surface area contributed by atoms with Crippen LogP contribution in [0.3, 0.4) is 0 Å². The predicted molar refractivity (Wildman–Crippen MR) is 138 cm³/mol. The number of aliphatic carboxylic acids is 1. The number of aromatic nitrogens is 2. The minimum atomic E-state index is -1.40. The van der Waals surface area contributed by atoms with E-state index in [2.05, 4.69) is 30.9 Å². The van der Waals surface area contributed by atoms with E-state index in [1.807, 2.05) is 0 Å². The fraction of sp³-hybridized carbons (Fsp3) is 0.619. The van der Waals surface area contributed by atoms with Gasteiger partial charge in [-0.05, 0) is 38.2 Å². The topological polar surface area (TPSA) is 264 Å². The zero-order chi connectivity index (χ0) is 28.0. The summed E-state index contributed by atoms with van der Waals surface area (Å²) in [5, 5.41) is 26.9. The molecule has 3 amide bonds. The van der Waals surface area contributed by atoms with Gasteiger partial charge in [0.05, 0.1) is 18.5 Å². The van der Waals surface area contributed by atoms with Crippen LogP contribution in [-0.4, -0.2) is 98.7 Å². The molecule has 0 radical (unpaired) electrons. The van der Waals surface area contributed by atoms with Crippen LogP contribution in [0.2, 0.25) is 0 Å². The van der Waals surface area contributed by atoms with Crippen LogP contribution in [0, 0.1) is 0 Å². The number of carboxylic acids is 1. The highest BCUT2D eigenvalue weighted by Crippen LogP contribution is 2.06. The molecule has 12 N–H and O–H groups in total. The van der Waals surface area contributed by atoms with Crippen molar-refractivity contribution in [3.8, 4) is 0 Å². The molecule has 0 aliphatic carbocycles. The van der Waals surface area contributed by atoms with Crippen molar-refractivity contribution in [2.75, 3.05) is 18.6 Å². The number of hydrogen-bond acceptors (Lipinski definition) is 9. The lowest BCUT2D eigenvalue weighted by molar-refractivity contribution is -0.142. The van der Waals surface area contributed by atoms with Crippen molar-refractivity contribution in [1.82, 2.24) is 25.9 Å². The van der Waals surface area contributed by atoms with Crippen molar-refractivity contribution < 1.29 is 29.4 Å². The number of carbonyl (C=O) groups excluding carboxylic acids is 3. The van der Waals surface area contributed by atoms with E-state index in [0.29, 0.717) is 17.9 Å². The van der Waals surface area contributed by atoms with Crippen molar-refractivity contribution in [2.45, 2.75) is 62.9 Å². The largest absolute Gasteiger partial charge is 0.480 e. The van der Waals surface area contributed by atoms with Crippen LogP contribution >= 0.6 is 11.8 Å². The Kier molecular flexibility index (Phi) is 14.0. The molecule has 1 heterocycles. The third-order valence-electron chi connectivity index (χ3n) is 5.20. The average molecular weight is 544 g/mol. The lowest BCUT2D eigenvalue weighted by Crippen LogP contribution is -2.60. The molecule has 1 rings (SSSR count). The zero-order valence-corrected chi connectivity index (χ0v) is 21.7. The van der Waals surface area contributed by atoms with Gasteiger partial charge < -0.3 is 48.3 Å². The van der Waals surface area contributed by atoms with Crippen molar-refractivity contribution in [1.29, 1.82) is 0 Å². The first kappa shape index (κ1) is 31.7. The van der Waals surface area contributed by atoms with Crippen molar-refractivity contribution >= 4 is 41.4 Å². The van der Waals surface area contributed by atoms with Crippen LogP contribution in [0.4, 0.5) is 0 Å². The van der Waals surface area contributed by atoms with E-state index < -0.39 is 54.0 Å². The van der Waals surface area contributed by atoms with Gasteiger partial charge in [0.2, 0.25) is 17.7 Å². The van der Waals surface area contributed by atoms with Gasteiger partial charge >= 0.3 is 5.97 Å². The van der Waals surface area contributed by atoms with E-state index in [-0.39, 0.29) is 31.8 Å². The van der Waals surface area contributed by atoms with E-state index in [4.69, 9.17) is 17.2 Å². The number of amides is 3. The fourth-order valence-electron chi connectivity index (χ4n) is 3.19. The summed E-state index contributed by atoms with van der Waals surface area (Å²) in [6.07, 6.45) is 4.09. The number of aliphatic hydroxyl groups is 1. The number of nitrogens with zero attached hydrogens (tertiary/aromatic N) is 2. The molecule has 37 heavy (non-hydrogen) atoms. The van der Waals surface area contributed by atoms with Crippen LogP contribution in [0.5, 0.6) is 0 Å². The number of nitrogens with two attached hydrogens (primary N) is 3. The number of rotatable bonds is 17. The number of aromatic amines is 1. The smallest absolute Gasteiger partial charge is 0.326 e. The SMILES string of the molecule is CSCCC(NC(=O)C(NC(=O)C(N)Cc1cnc[nH]1)C(C)O)C(=O)NC(CCCN=C(N)N)C(=O)O. The summed E-state index contributed by atoms with van der Waals surface area (Å²) >= 11 is 1.42. The maximum atomic E-state index is 12.9. The Bertz CT molecular complexity index is 908. The van der Waals surface area contributed by atoms with Crippen molar-refractivity contribution in [2.24, 2.45) is 22.2 Å². The summed E-state index contributed by atoms with van der Waals surface area (Å²) in [7, 11) is 0. The van der Waals surface area contributed by atoms with Gasteiger partial charge in [0.1, 0.15) is 18.1 Å². The highest BCUT2D eigenvalue weighted by Gasteiger charge is 2.32. The molecule has 0 fully saturated rings. The van der Waals surface area contributed by atoms with Gasteiger partial charge in [-0.2, -0.15) is 11.8 Å². The van der Waals surface area contributed by atoms with E-state index in [0.717, 1.165) is 0 Å². The molecule has 1 aromatic rings. The second-order valence-electron chi connectivity index (χ2n) is 8.31. The van der Waals surface area contributed by atoms with Gasteiger partial charge in [-0.1, -0.05) is 0 Å². The molecular formula is C21H37N9O6S. The second kappa shape index (κ2) is 16.4. The monoisotopic (exact) mass is 543 g/mol. The van der Waals surface area contributed by atoms with Gasteiger partial charge in [-0.3, -0.25) is 19.4 Å². The van der Waals surface area contributed by atoms with Gasteiger partial charge in [0.25, 0.3) is 0 Å². The molecule has 0 bridgehead atoms. The average Bonchev–Trinajstić information content (AvgIpc) is 3.33. The third kappa shape index (κ3) is 11.9. The van der Waals surface area contributed by atoms with Crippen molar-refractivity contribution in [3.05, 3.63) is 18.2 Å². The second-order valence-corrected chi connectivity index (χ2v) is 9.29. The third-order valence-corrected chi connectivity index (χ3v) is 5.84. The molecule has 0 spiro atoms. The van der Waals surface area contributed by atoms with Gasteiger partial charge in [-0.25, -0.2) is 9.78 Å². The molecule has 1 aromatic heterocycles. The Hall–Kier alpha value is -3.37. The molecule has 0 saturated heterocycles. The summed E-state index contributed by atoms with van der Waals surface area (Å²) in [6.45, 7) is 1.49. The Balaban J connectivity index is 2.85. The lowest BCUT2D eigenvalue weighted by Gasteiger charge is -2.26. The van der Waals surface area contributed by atoms with Crippen LogP contribution in [0.15, 0.2) is 17.5 Å². The molecule has 5 unspecified atom stereocenters. The number of nitrogens with one attached hydrogen (secondary N) is 4. The highest BCUT2D eigenvalue weighted by molar-refractivity contribution is 7.98. The minimum absolute atomic E-state index is 0.0572. The van der Waals surface area contributed by atoms with Crippen LogP contribution in [-0.2, 0) is 25.6 Å². The number of thioether (sulfide) groups is 1. The molecule has 15 nitrogen and oxygen atoms in total. The number of guanidine groups is 1. The van der Waals surface area contributed by atoms with Gasteiger partial charge in [-0.15, -0.1) is 0 Å². The molecule has 16 heteroatoms. The van der Waals surface area contributed by atoms with E-state index in [9.17, 15) is 29.4 Å². The van der Waals surface area contributed by atoms with Gasteiger partial charge in [0, 0.05) is 24.9 Å². The molecule has 0 saturated carbocycles. The summed E-state index contributed by atoms with van der Waals surface area (Å²) in [5.41, 5.74) is 17.0. The number of hydrogen-bond donors (Lipinski definition) is 9. The molecular weight excluding hydrogens is 506 g/mol. The van der Waals surface area contributed by atoms with E-state index in [1.165, 1.54) is 31.2 Å². The summed E-state index contributed by atoms with van der Waals surface area (Å²) in [4.78, 5) is 60.4. The molecule has 0 aliphatic rings. The van der Waals surface area contributed by atoms with Crippen LogP contribution in [0.25, 0.3) is 0 Å². The number of carboxylic acid groups (broad SMARTS) is 1. The maximum absolute atomic E-state index is 12.9. The first-order valence-electron chi connectivity index (χ1n) is 11.5. The number of aliphatic imine (C=N–C) groups is 1. The zero-order valence-electron chi connectivity index (χ0n) is 20.8. The first-order valence-corrected chi connectivity index (χ1v) is 12.9. The van der Waals surface area contributed by atoms with Crippen LogP contribution in [0.1, 0.15) is 31.9 Å². The van der Waals surface area contributed by atoms with E-state index in [1.54, 1.807) is 6.26 Å². The fourth-order valence-corrected chi connectivity index (χ4v) is 3.66. The predicted octanol–water partition coefficient (Wildman–Crippen LogP) is -2.99. The summed E-state index contributed by atoms with van der Waals surface area (Å²) in [5.74, 6) is -3.14. The normalized spacial score (nSPS) is 14.9. The Labute approximate surface area is 218 Å². The maximum Gasteiger partial charge on any atom is 0.326 e. The highest BCUT2D eigenvalue weighted by atomic mass is 32.2. The molecule has 0 aliphatic heterocycles. The summed E-state index contributed by atoms with van der Waals surface area (Å²) < 4.78 is 0. The minimum Gasteiger partial charge on any atom is -0.480 e. The molecule has 5 atom stereocenters. The summed E-state index contributed by atoms with van der Waals surface area (Å²) in [6, 6.07) is -4.78. The number of imidazole rings is 1. The first-order chi connectivity index (χ1) is 17.5. The number of carbonyl (C=O) groups is 4. The van der Waals surface area contributed by atoms with Gasteiger partial charge in [0.15, 0.2) is 5.96 Å². The quantitative estimate of drug-likeness (QED) is 0.0543. The number of H-pyrrole nitrogens is 1. The molecule has 208 valence electrons. The number of aliphatic hydroxyl groups excluding tert-OH is 1. The Morgan fingerprint density at radius 2 is 1.78 bits per heavy atom.